The van der Waals surface area contributed by atoms with E-state index >= 15 is 0 Å². The number of rotatable bonds is 3. The predicted octanol–water partition coefficient (Wildman–Crippen LogP) is 2.62. The maximum Gasteiger partial charge on any atom is 0.254 e. The smallest absolute Gasteiger partial charge is 0.254 e. The number of carbonyl (C=O) groups excluding carboxylic acids is 1. The molecule has 1 aliphatic rings. The van der Waals surface area contributed by atoms with E-state index in [1.165, 1.54) is 18.4 Å². The zero-order chi connectivity index (χ0) is 10.8. The summed E-state index contributed by atoms with van der Waals surface area (Å²) in [7, 11) is 0. The van der Waals surface area contributed by atoms with Gasteiger partial charge in [-0.05, 0) is 38.8 Å². The van der Waals surface area contributed by atoms with Crippen molar-refractivity contribution in [2.24, 2.45) is 0 Å². The Morgan fingerprint density at radius 3 is 2.40 bits per heavy atom. The second-order valence-electron chi connectivity index (χ2n) is 4.19. The average molecular weight is 203 g/mol. The fourth-order valence-electron chi connectivity index (χ4n) is 1.82. The van der Waals surface area contributed by atoms with Crippen molar-refractivity contribution < 1.29 is 4.79 Å². The van der Waals surface area contributed by atoms with Crippen molar-refractivity contribution in [3.63, 3.8) is 0 Å². The van der Waals surface area contributed by atoms with Gasteiger partial charge in [0.05, 0.1) is 0 Å². The van der Waals surface area contributed by atoms with Gasteiger partial charge >= 0.3 is 0 Å². The van der Waals surface area contributed by atoms with Crippen molar-refractivity contribution in [2.45, 2.75) is 32.7 Å². The molecule has 0 saturated heterocycles. The normalized spacial score (nSPS) is 15.1. The molecule has 2 rings (SSSR count). The van der Waals surface area contributed by atoms with Gasteiger partial charge in [0.1, 0.15) is 0 Å². The predicted molar refractivity (Wildman–Crippen MR) is 60.9 cm³/mol. The highest BCUT2D eigenvalue weighted by molar-refractivity contribution is 5.94. The minimum Gasteiger partial charge on any atom is -0.336 e. The zero-order valence-electron chi connectivity index (χ0n) is 9.36. The zero-order valence-corrected chi connectivity index (χ0v) is 9.36. The van der Waals surface area contributed by atoms with Gasteiger partial charge in [0.25, 0.3) is 5.91 Å². The van der Waals surface area contributed by atoms with Crippen LogP contribution in [0.5, 0.6) is 0 Å². The van der Waals surface area contributed by atoms with Crippen LogP contribution in [0, 0.1) is 6.92 Å². The van der Waals surface area contributed by atoms with Crippen molar-refractivity contribution >= 4 is 5.91 Å². The number of benzene rings is 1. The molecule has 1 aromatic rings. The van der Waals surface area contributed by atoms with Gasteiger partial charge in [-0.2, -0.15) is 0 Å². The topological polar surface area (TPSA) is 20.3 Å². The molecule has 2 heteroatoms. The van der Waals surface area contributed by atoms with Crippen LogP contribution in [0.3, 0.4) is 0 Å². The maximum absolute atomic E-state index is 12.1. The van der Waals surface area contributed by atoms with Crippen LogP contribution < -0.4 is 0 Å². The molecule has 0 radical (unpaired) electrons. The first-order valence-electron chi connectivity index (χ1n) is 5.60. The molecular formula is C13H17NO. The van der Waals surface area contributed by atoms with Gasteiger partial charge in [0, 0.05) is 18.2 Å². The van der Waals surface area contributed by atoms with Gasteiger partial charge in [-0.15, -0.1) is 0 Å². The third kappa shape index (κ3) is 2.20. The summed E-state index contributed by atoms with van der Waals surface area (Å²) in [5.41, 5.74) is 2.01. The molecule has 1 saturated carbocycles. The highest BCUT2D eigenvalue weighted by Crippen LogP contribution is 2.27. The summed E-state index contributed by atoms with van der Waals surface area (Å²) in [6.07, 6.45) is 2.34. The van der Waals surface area contributed by atoms with Crippen LogP contribution in [0.25, 0.3) is 0 Å². The van der Waals surface area contributed by atoms with Crippen molar-refractivity contribution in [3.05, 3.63) is 35.4 Å². The Hall–Kier alpha value is -1.31. The van der Waals surface area contributed by atoms with Gasteiger partial charge in [0.2, 0.25) is 0 Å². The van der Waals surface area contributed by atoms with E-state index in [1.54, 1.807) is 0 Å². The third-order valence-electron chi connectivity index (χ3n) is 2.89. The molecule has 0 aromatic heterocycles. The summed E-state index contributed by atoms with van der Waals surface area (Å²) in [6.45, 7) is 4.90. The molecule has 0 heterocycles. The summed E-state index contributed by atoms with van der Waals surface area (Å²) in [4.78, 5) is 14.1. The van der Waals surface area contributed by atoms with Crippen molar-refractivity contribution in [1.82, 2.24) is 4.90 Å². The molecular weight excluding hydrogens is 186 g/mol. The number of carbonyl (C=O) groups is 1. The molecule has 80 valence electrons. The molecule has 0 unspecified atom stereocenters. The molecule has 0 N–H and O–H groups in total. The van der Waals surface area contributed by atoms with E-state index in [1.807, 2.05) is 43.0 Å². The van der Waals surface area contributed by atoms with E-state index in [9.17, 15) is 4.79 Å². The second kappa shape index (κ2) is 4.05. The van der Waals surface area contributed by atoms with Crippen LogP contribution in [0.2, 0.25) is 0 Å². The van der Waals surface area contributed by atoms with Gasteiger partial charge in [-0.25, -0.2) is 0 Å². The summed E-state index contributed by atoms with van der Waals surface area (Å²) in [6, 6.07) is 8.33. The molecule has 0 atom stereocenters. The van der Waals surface area contributed by atoms with Gasteiger partial charge < -0.3 is 4.90 Å². The molecule has 1 amide bonds. The lowest BCUT2D eigenvalue weighted by atomic mass is 10.1. The minimum atomic E-state index is 0.181. The molecule has 1 fully saturated rings. The van der Waals surface area contributed by atoms with E-state index in [0.29, 0.717) is 6.04 Å². The summed E-state index contributed by atoms with van der Waals surface area (Å²) in [5.74, 6) is 0.181. The molecule has 0 aliphatic heterocycles. The van der Waals surface area contributed by atoms with Crippen LogP contribution in [0.4, 0.5) is 0 Å². The first-order chi connectivity index (χ1) is 7.22. The number of aryl methyl sites for hydroxylation is 1. The van der Waals surface area contributed by atoms with Crippen LogP contribution in [0.1, 0.15) is 35.7 Å². The lowest BCUT2D eigenvalue weighted by molar-refractivity contribution is 0.0752. The number of hydrogen-bond donors (Lipinski definition) is 0. The molecule has 0 spiro atoms. The van der Waals surface area contributed by atoms with Gasteiger partial charge in [0.15, 0.2) is 0 Å². The fraction of sp³-hybridized carbons (Fsp3) is 0.462. The first-order valence-corrected chi connectivity index (χ1v) is 5.60. The van der Waals surface area contributed by atoms with Crippen LogP contribution in [0.15, 0.2) is 24.3 Å². The second-order valence-corrected chi connectivity index (χ2v) is 4.19. The number of nitrogens with zero attached hydrogens (tertiary/aromatic N) is 1. The summed E-state index contributed by atoms with van der Waals surface area (Å²) < 4.78 is 0. The van der Waals surface area contributed by atoms with E-state index in [2.05, 4.69) is 0 Å². The van der Waals surface area contributed by atoms with Crippen molar-refractivity contribution in [2.75, 3.05) is 6.54 Å². The lowest BCUT2D eigenvalue weighted by Crippen LogP contribution is -2.32. The van der Waals surface area contributed by atoms with Gasteiger partial charge in [-0.1, -0.05) is 17.7 Å². The molecule has 1 aliphatic carbocycles. The van der Waals surface area contributed by atoms with E-state index in [4.69, 9.17) is 0 Å². The fourth-order valence-corrected chi connectivity index (χ4v) is 1.82. The standard InChI is InChI=1S/C13H17NO/c1-3-14(12-8-9-12)13(15)11-6-4-10(2)5-7-11/h4-7,12H,3,8-9H2,1-2H3. The van der Waals surface area contributed by atoms with E-state index in [-0.39, 0.29) is 5.91 Å². The SMILES string of the molecule is CCN(C(=O)c1ccc(C)cc1)C1CC1. The van der Waals surface area contributed by atoms with E-state index < -0.39 is 0 Å². The van der Waals surface area contributed by atoms with Gasteiger partial charge in [-0.3, -0.25) is 4.79 Å². The Kier molecular flexibility index (Phi) is 2.76. The lowest BCUT2D eigenvalue weighted by Gasteiger charge is -2.20. The molecule has 1 aromatic carbocycles. The Morgan fingerprint density at radius 2 is 1.93 bits per heavy atom. The number of hydrogen-bond acceptors (Lipinski definition) is 1. The first kappa shape index (κ1) is 10.2. The Balaban J connectivity index is 2.15. The van der Waals surface area contributed by atoms with Crippen LogP contribution >= 0.6 is 0 Å². The third-order valence-corrected chi connectivity index (χ3v) is 2.89. The maximum atomic E-state index is 12.1. The average Bonchev–Trinajstić information content (AvgIpc) is 3.04. The molecule has 0 bridgehead atoms. The minimum absolute atomic E-state index is 0.181. The summed E-state index contributed by atoms with van der Waals surface area (Å²) in [5, 5.41) is 0. The molecule has 2 nitrogen and oxygen atoms in total. The molecule has 15 heavy (non-hydrogen) atoms. The quantitative estimate of drug-likeness (QED) is 0.739. The monoisotopic (exact) mass is 203 g/mol. The van der Waals surface area contributed by atoms with Crippen LogP contribution in [-0.2, 0) is 0 Å². The Labute approximate surface area is 90.9 Å². The largest absolute Gasteiger partial charge is 0.336 e. The van der Waals surface area contributed by atoms with E-state index in [0.717, 1.165) is 12.1 Å². The highest BCUT2D eigenvalue weighted by atomic mass is 16.2. The Bertz CT molecular complexity index is 351. The number of amides is 1. The van der Waals surface area contributed by atoms with Crippen molar-refractivity contribution in [1.29, 1.82) is 0 Å². The highest BCUT2D eigenvalue weighted by Gasteiger charge is 2.31. The summed E-state index contributed by atoms with van der Waals surface area (Å²) >= 11 is 0. The van der Waals surface area contributed by atoms with Crippen LogP contribution in [-0.4, -0.2) is 23.4 Å². The Morgan fingerprint density at radius 1 is 1.33 bits per heavy atom. The van der Waals surface area contributed by atoms with Crippen molar-refractivity contribution in [3.8, 4) is 0 Å².